The average Bonchev–Trinajstić information content (AvgIpc) is 2.87. The Labute approximate surface area is 189 Å². The number of hydrogen-bond donors (Lipinski definition) is 0. The lowest BCUT2D eigenvalue weighted by Crippen LogP contribution is -2.10. The highest BCUT2D eigenvalue weighted by Gasteiger charge is 2.14. The molecule has 0 fully saturated rings. The monoisotopic (exact) mass is 425 g/mol. The predicted molar refractivity (Wildman–Crippen MR) is 126 cm³/mol. The molecule has 5 nitrogen and oxygen atoms in total. The molecule has 0 saturated heterocycles. The number of nitrogens with zero attached hydrogens (tertiary/aromatic N) is 3. The van der Waals surface area contributed by atoms with Crippen molar-refractivity contribution in [2.45, 2.75) is 25.7 Å². The quantitative estimate of drug-likeness (QED) is 0.294. The molecule has 0 radical (unpaired) electrons. The number of rotatable bonds is 11. The standard InChI is InChI=1S/C27H27N3O2/c1-4-12-22(13-5-1)27-25(18-10-20-31-23-14-6-2-7-15-23)26(28-30-29-27)19-11-21-32-24-16-8-3-9-17-24/h1-9,12-17H,10-11,18-21H2. The van der Waals surface area contributed by atoms with Gasteiger partial charge in [-0.05, 0) is 55.2 Å². The predicted octanol–water partition coefficient (Wildman–Crippen LogP) is 5.56. The number of aryl methyl sites for hydroxylation is 1. The minimum Gasteiger partial charge on any atom is -0.494 e. The molecule has 0 aliphatic carbocycles. The Bertz CT molecular complexity index is 1070. The van der Waals surface area contributed by atoms with Crippen LogP contribution in [-0.4, -0.2) is 28.6 Å². The molecule has 0 bridgehead atoms. The summed E-state index contributed by atoms with van der Waals surface area (Å²) in [4.78, 5) is 0. The van der Waals surface area contributed by atoms with Crippen molar-refractivity contribution in [1.29, 1.82) is 0 Å². The number of para-hydroxylation sites is 2. The maximum Gasteiger partial charge on any atom is 0.119 e. The van der Waals surface area contributed by atoms with Gasteiger partial charge in [0.2, 0.25) is 0 Å². The number of benzene rings is 3. The van der Waals surface area contributed by atoms with Crippen molar-refractivity contribution in [3.05, 3.63) is 102 Å². The van der Waals surface area contributed by atoms with Gasteiger partial charge >= 0.3 is 0 Å². The Morgan fingerprint density at radius 1 is 0.562 bits per heavy atom. The molecule has 0 atom stereocenters. The number of aromatic nitrogens is 3. The lowest BCUT2D eigenvalue weighted by atomic mass is 9.99. The van der Waals surface area contributed by atoms with Crippen LogP contribution >= 0.6 is 0 Å². The highest BCUT2D eigenvalue weighted by atomic mass is 16.5. The van der Waals surface area contributed by atoms with E-state index in [1.165, 1.54) is 0 Å². The van der Waals surface area contributed by atoms with Crippen molar-refractivity contribution >= 4 is 0 Å². The summed E-state index contributed by atoms with van der Waals surface area (Å²) in [7, 11) is 0. The van der Waals surface area contributed by atoms with Gasteiger partial charge in [-0.25, -0.2) is 0 Å². The van der Waals surface area contributed by atoms with Crippen LogP contribution in [0.4, 0.5) is 0 Å². The fourth-order valence-corrected chi connectivity index (χ4v) is 3.57. The normalized spacial score (nSPS) is 10.6. The van der Waals surface area contributed by atoms with Crippen LogP contribution in [0.3, 0.4) is 0 Å². The van der Waals surface area contributed by atoms with Gasteiger partial charge < -0.3 is 9.47 Å². The molecule has 4 aromatic rings. The van der Waals surface area contributed by atoms with Gasteiger partial charge in [-0.2, -0.15) is 0 Å². The van der Waals surface area contributed by atoms with Crippen molar-refractivity contribution < 1.29 is 9.47 Å². The highest BCUT2D eigenvalue weighted by molar-refractivity contribution is 5.63. The molecule has 0 aliphatic heterocycles. The molecule has 4 rings (SSSR count). The first kappa shape index (κ1) is 21.5. The summed E-state index contributed by atoms with van der Waals surface area (Å²) in [5.74, 6) is 1.77. The molecule has 0 amide bonds. The van der Waals surface area contributed by atoms with Gasteiger partial charge in [-0.15, -0.1) is 10.2 Å². The molecule has 1 heterocycles. The summed E-state index contributed by atoms with van der Waals surface area (Å²) in [5.41, 5.74) is 4.08. The van der Waals surface area contributed by atoms with E-state index in [1.54, 1.807) is 0 Å². The van der Waals surface area contributed by atoms with Crippen LogP contribution in [0.15, 0.2) is 91.0 Å². The molecule has 1 aromatic heterocycles. The Hall–Kier alpha value is -3.73. The highest BCUT2D eigenvalue weighted by Crippen LogP contribution is 2.24. The zero-order valence-corrected chi connectivity index (χ0v) is 18.1. The van der Waals surface area contributed by atoms with Crippen molar-refractivity contribution in [2.75, 3.05) is 13.2 Å². The van der Waals surface area contributed by atoms with E-state index in [9.17, 15) is 0 Å². The van der Waals surface area contributed by atoms with Crippen LogP contribution in [0.5, 0.6) is 11.5 Å². The minimum absolute atomic E-state index is 0.630. The summed E-state index contributed by atoms with van der Waals surface area (Å²) < 4.78 is 11.7. The first-order chi connectivity index (χ1) is 15.9. The third kappa shape index (κ3) is 6.14. The van der Waals surface area contributed by atoms with Crippen molar-refractivity contribution in [3.8, 4) is 22.8 Å². The summed E-state index contributed by atoms with van der Waals surface area (Å²) in [6.07, 6.45) is 3.34. The molecule has 0 spiro atoms. The van der Waals surface area contributed by atoms with Crippen molar-refractivity contribution in [1.82, 2.24) is 15.4 Å². The molecule has 0 aliphatic rings. The Morgan fingerprint density at radius 2 is 1.09 bits per heavy atom. The molecular weight excluding hydrogens is 398 g/mol. The Morgan fingerprint density at radius 3 is 1.69 bits per heavy atom. The lowest BCUT2D eigenvalue weighted by molar-refractivity contribution is 0.308. The Kier molecular flexibility index (Phi) is 7.80. The van der Waals surface area contributed by atoms with Crippen LogP contribution in [0.25, 0.3) is 11.3 Å². The Balaban J connectivity index is 1.42. The van der Waals surface area contributed by atoms with Crippen LogP contribution in [0.2, 0.25) is 0 Å². The molecule has 0 unspecified atom stereocenters. The van der Waals surface area contributed by atoms with E-state index in [1.807, 2.05) is 78.9 Å². The summed E-state index contributed by atoms with van der Waals surface area (Å²) in [5, 5.41) is 12.8. The second-order valence-corrected chi connectivity index (χ2v) is 7.46. The molecule has 32 heavy (non-hydrogen) atoms. The lowest BCUT2D eigenvalue weighted by Gasteiger charge is -2.13. The summed E-state index contributed by atoms with van der Waals surface area (Å²) >= 11 is 0. The van der Waals surface area contributed by atoms with E-state index < -0.39 is 0 Å². The third-order valence-corrected chi connectivity index (χ3v) is 5.14. The van der Waals surface area contributed by atoms with E-state index in [4.69, 9.17) is 9.47 Å². The van der Waals surface area contributed by atoms with Gasteiger partial charge in [-0.1, -0.05) is 66.7 Å². The maximum absolute atomic E-state index is 5.88. The third-order valence-electron chi connectivity index (χ3n) is 5.14. The van der Waals surface area contributed by atoms with E-state index >= 15 is 0 Å². The number of ether oxygens (including phenoxy) is 2. The number of hydrogen-bond acceptors (Lipinski definition) is 5. The molecular formula is C27H27N3O2. The van der Waals surface area contributed by atoms with E-state index in [0.29, 0.717) is 13.2 Å². The second-order valence-electron chi connectivity index (χ2n) is 7.46. The zero-order chi connectivity index (χ0) is 21.8. The van der Waals surface area contributed by atoms with Gasteiger partial charge in [-0.3, -0.25) is 0 Å². The van der Waals surface area contributed by atoms with Crippen LogP contribution in [-0.2, 0) is 12.8 Å². The van der Waals surface area contributed by atoms with Crippen molar-refractivity contribution in [2.24, 2.45) is 0 Å². The second kappa shape index (κ2) is 11.6. The first-order valence-electron chi connectivity index (χ1n) is 11.0. The maximum atomic E-state index is 5.88. The van der Waals surface area contributed by atoms with Gasteiger partial charge in [0.15, 0.2) is 0 Å². The minimum atomic E-state index is 0.630. The van der Waals surface area contributed by atoms with Crippen LogP contribution in [0.1, 0.15) is 24.1 Å². The fourth-order valence-electron chi connectivity index (χ4n) is 3.57. The summed E-state index contributed by atoms with van der Waals surface area (Å²) in [6.45, 7) is 1.27. The fraction of sp³-hybridized carbons (Fsp3) is 0.222. The van der Waals surface area contributed by atoms with E-state index in [0.717, 1.165) is 59.7 Å². The van der Waals surface area contributed by atoms with Crippen LogP contribution in [0, 0.1) is 0 Å². The molecule has 0 N–H and O–H groups in total. The van der Waals surface area contributed by atoms with Crippen LogP contribution < -0.4 is 9.47 Å². The topological polar surface area (TPSA) is 57.1 Å². The SMILES string of the molecule is c1ccc(OCCCc2nnnc(-c3ccccc3)c2CCCOc2ccccc2)cc1. The largest absolute Gasteiger partial charge is 0.494 e. The zero-order valence-electron chi connectivity index (χ0n) is 18.1. The molecule has 5 heteroatoms. The average molecular weight is 426 g/mol. The molecule has 3 aromatic carbocycles. The van der Waals surface area contributed by atoms with Gasteiger partial charge in [0.25, 0.3) is 0 Å². The first-order valence-corrected chi connectivity index (χ1v) is 11.0. The molecule has 0 saturated carbocycles. The van der Waals surface area contributed by atoms with Gasteiger partial charge in [0.05, 0.1) is 24.6 Å². The van der Waals surface area contributed by atoms with Gasteiger partial charge in [0, 0.05) is 11.1 Å². The summed E-state index contributed by atoms with van der Waals surface area (Å²) in [6, 6.07) is 30.0. The van der Waals surface area contributed by atoms with Gasteiger partial charge in [0.1, 0.15) is 11.5 Å². The van der Waals surface area contributed by atoms with Crippen molar-refractivity contribution in [3.63, 3.8) is 0 Å². The van der Waals surface area contributed by atoms with E-state index in [-0.39, 0.29) is 0 Å². The molecule has 162 valence electrons. The van der Waals surface area contributed by atoms with E-state index in [2.05, 4.69) is 27.5 Å². The smallest absolute Gasteiger partial charge is 0.119 e.